The lowest BCUT2D eigenvalue weighted by Gasteiger charge is -2.17. The number of carbonyl (C=O) groups is 1. The van der Waals surface area contributed by atoms with Crippen molar-refractivity contribution >= 4 is 29.8 Å². The third-order valence-electron chi connectivity index (χ3n) is 4.07. The Morgan fingerprint density at radius 2 is 1.79 bits per heavy atom. The number of esters is 1. The van der Waals surface area contributed by atoms with Crippen molar-refractivity contribution < 1.29 is 14.6 Å². The fourth-order valence-corrected chi connectivity index (χ4v) is 3.21. The lowest BCUT2D eigenvalue weighted by atomic mass is 10.2. The number of halogens is 1. The van der Waals surface area contributed by atoms with Gasteiger partial charge in [-0.05, 0) is 49.0 Å². The maximum absolute atomic E-state index is 13.0. The second-order valence-corrected chi connectivity index (χ2v) is 6.69. The Kier molecular flexibility index (Phi) is 5.96. The molecule has 3 aromatic rings. The molecule has 3 rings (SSSR count). The van der Waals surface area contributed by atoms with Gasteiger partial charge in [0.1, 0.15) is 0 Å². The van der Waals surface area contributed by atoms with Gasteiger partial charge in [-0.1, -0.05) is 41.9 Å². The molecule has 1 heterocycles. The highest BCUT2D eigenvalue weighted by molar-refractivity contribution is 7.71. The molecule has 0 spiro atoms. The number of ether oxygens (including phenoxy) is 1. The third kappa shape index (κ3) is 3.85. The Morgan fingerprint density at radius 1 is 1.14 bits per heavy atom. The predicted octanol–water partition coefficient (Wildman–Crippen LogP) is 3.95. The second-order valence-electron chi connectivity index (χ2n) is 5.89. The van der Waals surface area contributed by atoms with Crippen LogP contribution in [0.3, 0.4) is 0 Å². The summed E-state index contributed by atoms with van der Waals surface area (Å²) in [6.45, 7) is 1.85. The Hall–Kier alpha value is -2.90. The summed E-state index contributed by atoms with van der Waals surface area (Å²) < 4.78 is 7.51. The van der Waals surface area contributed by atoms with E-state index in [-0.39, 0.29) is 17.9 Å². The topological polar surface area (TPSA) is 73.5 Å². The van der Waals surface area contributed by atoms with Crippen molar-refractivity contribution in [3.63, 3.8) is 0 Å². The minimum Gasteiger partial charge on any atom is -0.494 e. The van der Waals surface area contributed by atoms with Gasteiger partial charge in [0.25, 0.3) is 5.56 Å². The van der Waals surface area contributed by atoms with Crippen molar-refractivity contribution in [3.05, 3.63) is 85.9 Å². The van der Waals surface area contributed by atoms with E-state index in [4.69, 9.17) is 28.6 Å². The minimum atomic E-state index is -0.912. The van der Waals surface area contributed by atoms with Crippen LogP contribution in [0.4, 0.5) is 0 Å². The first-order valence-electron chi connectivity index (χ1n) is 8.49. The monoisotopic (exact) mass is 416 g/mol. The molecule has 144 valence electrons. The largest absolute Gasteiger partial charge is 0.494 e. The van der Waals surface area contributed by atoms with E-state index in [1.54, 1.807) is 31.2 Å². The van der Waals surface area contributed by atoms with Crippen LogP contribution in [0.2, 0.25) is 5.02 Å². The highest BCUT2D eigenvalue weighted by Gasteiger charge is 2.24. The van der Waals surface area contributed by atoms with E-state index in [0.717, 1.165) is 5.56 Å². The number of benzene rings is 2. The van der Waals surface area contributed by atoms with Crippen LogP contribution >= 0.6 is 23.8 Å². The number of aromatic hydroxyl groups is 1. The first kappa shape index (κ1) is 19.9. The zero-order valence-electron chi connectivity index (χ0n) is 15.0. The lowest BCUT2D eigenvalue weighted by Crippen LogP contribution is -2.31. The van der Waals surface area contributed by atoms with E-state index in [2.05, 4.69) is 0 Å². The fourth-order valence-electron chi connectivity index (χ4n) is 2.75. The van der Waals surface area contributed by atoms with Crippen LogP contribution in [-0.4, -0.2) is 26.8 Å². The van der Waals surface area contributed by atoms with Crippen LogP contribution < -0.4 is 5.56 Å². The molecule has 0 aliphatic carbocycles. The standard InChI is InChI=1S/C20H17ClN2O4S/c1-2-27-19(26)16-17(24)22(12-13-6-4-3-5-7-13)20(28)23(18(16)25)15-10-8-14(21)9-11-15/h3-11,24H,2,12H2,1H3. The molecule has 0 aliphatic rings. The van der Waals surface area contributed by atoms with E-state index in [9.17, 15) is 14.7 Å². The summed E-state index contributed by atoms with van der Waals surface area (Å²) in [5.74, 6) is -1.44. The number of nitrogens with zero attached hydrogens (tertiary/aromatic N) is 2. The minimum absolute atomic E-state index is 0.0433. The first-order valence-corrected chi connectivity index (χ1v) is 9.28. The highest BCUT2D eigenvalue weighted by Crippen LogP contribution is 2.20. The normalized spacial score (nSPS) is 10.6. The molecule has 0 saturated heterocycles. The fraction of sp³-hybridized carbons (Fsp3) is 0.150. The number of rotatable bonds is 5. The van der Waals surface area contributed by atoms with Crippen molar-refractivity contribution in [1.29, 1.82) is 0 Å². The van der Waals surface area contributed by atoms with Crippen LogP contribution in [0.25, 0.3) is 5.69 Å². The summed E-state index contributed by atoms with van der Waals surface area (Å²) in [6.07, 6.45) is 0. The number of aromatic nitrogens is 2. The molecule has 0 amide bonds. The number of hydrogen-bond donors (Lipinski definition) is 1. The van der Waals surface area contributed by atoms with E-state index >= 15 is 0 Å². The van der Waals surface area contributed by atoms with Crippen molar-refractivity contribution in [2.24, 2.45) is 0 Å². The van der Waals surface area contributed by atoms with Gasteiger partial charge in [0.15, 0.2) is 10.3 Å². The van der Waals surface area contributed by atoms with Crippen LogP contribution in [0.5, 0.6) is 5.88 Å². The van der Waals surface area contributed by atoms with Crippen molar-refractivity contribution in [2.75, 3.05) is 6.61 Å². The van der Waals surface area contributed by atoms with E-state index in [0.29, 0.717) is 10.7 Å². The molecule has 0 aliphatic heterocycles. The summed E-state index contributed by atoms with van der Waals surface area (Å²) in [7, 11) is 0. The van der Waals surface area contributed by atoms with Gasteiger partial charge < -0.3 is 9.84 Å². The maximum Gasteiger partial charge on any atom is 0.349 e. The van der Waals surface area contributed by atoms with Crippen LogP contribution in [0.1, 0.15) is 22.8 Å². The molecule has 0 atom stereocenters. The number of hydrogen-bond acceptors (Lipinski definition) is 5. The summed E-state index contributed by atoms with van der Waals surface area (Å²) in [6, 6.07) is 15.7. The molecule has 0 saturated carbocycles. The second kappa shape index (κ2) is 8.41. The summed E-state index contributed by atoms with van der Waals surface area (Å²) in [5.41, 5.74) is 0.0330. The zero-order chi connectivity index (χ0) is 20.3. The average molecular weight is 417 g/mol. The van der Waals surface area contributed by atoms with Gasteiger partial charge in [0, 0.05) is 5.02 Å². The van der Waals surface area contributed by atoms with Gasteiger partial charge in [-0.25, -0.2) is 4.79 Å². The first-order chi connectivity index (χ1) is 13.4. The van der Waals surface area contributed by atoms with E-state index in [1.807, 2.05) is 30.3 Å². The van der Waals surface area contributed by atoms with Gasteiger partial charge in [0.05, 0.1) is 18.8 Å². The smallest absolute Gasteiger partial charge is 0.349 e. The molecule has 0 bridgehead atoms. The quantitative estimate of drug-likeness (QED) is 0.503. The molecule has 8 heteroatoms. The lowest BCUT2D eigenvalue weighted by molar-refractivity contribution is 0.0518. The Bertz CT molecular complexity index is 1120. The molecule has 0 radical (unpaired) electrons. The SMILES string of the molecule is CCOC(=O)c1c(O)n(Cc2ccccc2)c(=S)n(-c2ccc(Cl)cc2)c1=O. The Balaban J connectivity index is 2.29. The van der Waals surface area contributed by atoms with Gasteiger partial charge in [-0.3, -0.25) is 13.9 Å². The van der Waals surface area contributed by atoms with Gasteiger partial charge >= 0.3 is 5.97 Å². The maximum atomic E-state index is 13.0. The Labute approximate surface area is 171 Å². The van der Waals surface area contributed by atoms with Crippen molar-refractivity contribution in [1.82, 2.24) is 9.13 Å². The third-order valence-corrected chi connectivity index (χ3v) is 4.72. The van der Waals surface area contributed by atoms with E-state index < -0.39 is 23.0 Å². The van der Waals surface area contributed by atoms with Crippen LogP contribution in [-0.2, 0) is 11.3 Å². The Morgan fingerprint density at radius 3 is 2.39 bits per heavy atom. The molecule has 28 heavy (non-hydrogen) atoms. The molecule has 6 nitrogen and oxygen atoms in total. The van der Waals surface area contributed by atoms with Crippen LogP contribution in [0.15, 0.2) is 59.4 Å². The highest BCUT2D eigenvalue weighted by atomic mass is 35.5. The summed E-state index contributed by atoms with van der Waals surface area (Å²) >= 11 is 11.4. The van der Waals surface area contributed by atoms with Crippen molar-refractivity contribution in [2.45, 2.75) is 13.5 Å². The van der Waals surface area contributed by atoms with Gasteiger partial charge in [0.2, 0.25) is 5.88 Å². The molecule has 2 aromatic carbocycles. The summed E-state index contributed by atoms with van der Waals surface area (Å²) in [5, 5.41) is 11.2. The summed E-state index contributed by atoms with van der Waals surface area (Å²) in [4.78, 5) is 25.4. The van der Waals surface area contributed by atoms with Crippen molar-refractivity contribution in [3.8, 4) is 11.6 Å². The molecule has 1 aromatic heterocycles. The molecular formula is C20H17ClN2O4S. The van der Waals surface area contributed by atoms with E-state index in [1.165, 1.54) is 9.13 Å². The molecule has 1 N–H and O–H groups in total. The molecule has 0 fully saturated rings. The van der Waals surface area contributed by atoms with Gasteiger partial charge in [-0.15, -0.1) is 0 Å². The van der Waals surface area contributed by atoms with Gasteiger partial charge in [-0.2, -0.15) is 0 Å². The number of carbonyl (C=O) groups excluding carboxylic acids is 1. The van der Waals surface area contributed by atoms with Crippen LogP contribution in [0, 0.1) is 4.77 Å². The average Bonchev–Trinajstić information content (AvgIpc) is 2.68. The predicted molar refractivity (Wildman–Crippen MR) is 109 cm³/mol. The molecule has 0 unspecified atom stereocenters. The molecular weight excluding hydrogens is 400 g/mol. The zero-order valence-corrected chi connectivity index (χ0v) is 16.5.